The molecule has 1 aromatic heterocycles. The Bertz CT molecular complexity index is 1180. The SMILES string of the molecule is Cc1cccc(CP(=O)(O)OP(=O)(O)OC[C@H]2O[C@@H](n3ccc(=O)[nH]c3=O)[C@H](O)[C@@H]2O)c1. The number of aromatic nitrogens is 2. The molecule has 176 valence electrons. The number of rotatable bonds is 8. The van der Waals surface area contributed by atoms with Gasteiger partial charge in [-0.05, 0) is 12.5 Å². The first-order valence-corrected chi connectivity index (χ1v) is 12.5. The molecule has 1 aromatic carbocycles. The van der Waals surface area contributed by atoms with E-state index < -0.39 is 64.0 Å². The van der Waals surface area contributed by atoms with Gasteiger partial charge < -0.3 is 24.7 Å². The van der Waals surface area contributed by atoms with Crippen molar-refractivity contribution in [1.82, 2.24) is 9.55 Å². The van der Waals surface area contributed by atoms with Gasteiger partial charge in [-0.3, -0.25) is 23.4 Å². The number of ether oxygens (including phenoxy) is 1. The predicted molar refractivity (Wildman–Crippen MR) is 109 cm³/mol. The van der Waals surface area contributed by atoms with Crippen LogP contribution in [0.15, 0.2) is 46.1 Å². The largest absolute Gasteiger partial charge is 0.479 e. The summed E-state index contributed by atoms with van der Waals surface area (Å²) in [6.07, 6.45) is -5.61. The lowest BCUT2D eigenvalue weighted by molar-refractivity contribution is -0.0541. The second-order valence-corrected chi connectivity index (χ2v) is 10.6. The van der Waals surface area contributed by atoms with Gasteiger partial charge in [-0.15, -0.1) is 0 Å². The van der Waals surface area contributed by atoms with E-state index in [9.17, 15) is 38.7 Å². The van der Waals surface area contributed by atoms with Gasteiger partial charge in [0.15, 0.2) is 6.23 Å². The van der Waals surface area contributed by atoms with Gasteiger partial charge in [0.25, 0.3) is 5.56 Å². The molecule has 1 fully saturated rings. The van der Waals surface area contributed by atoms with Crippen LogP contribution in [-0.2, 0) is 28.9 Å². The standard InChI is InChI=1S/C17H22N2O11P2/c1-10-3-2-4-11(7-10)9-31(24,25)30-32(26,27)28-8-12-14(21)15(22)16(29-12)19-6-5-13(20)18-17(19)23/h2-7,12,14-16,21-22H,8-9H2,1H3,(H,24,25)(H,26,27)(H,18,20,23)/t12-,14-,15-,16-/m1/s1. The van der Waals surface area contributed by atoms with Crippen LogP contribution in [0.4, 0.5) is 0 Å². The van der Waals surface area contributed by atoms with Crippen LogP contribution in [0.3, 0.4) is 0 Å². The summed E-state index contributed by atoms with van der Waals surface area (Å²) in [6.45, 7) is 0.952. The average molecular weight is 492 g/mol. The van der Waals surface area contributed by atoms with E-state index in [1.807, 2.05) is 4.98 Å². The van der Waals surface area contributed by atoms with Gasteiger partial charge in [0.05, 0.1) is 12.8 Å². The lowest BCUT2D eigenvalue weighted by atomic mass is 10.1. The molecule has 2 heterocycles. The Morgan fingerprint density at radius 3 is 2.53 bits per heavy atom. The Morgan fingerprint density at radius 2 is 1.88 bits per heavy atom. The molecule has 3 rings (SSSR count). The summed E-state index contributed by atoms with van der Waals surface area (Å²) in [5, 5.41) is 20.3. The van der Waals surface area contributed by atoms with Crippen LogP contribution >= 0.6 is 15.4 Å². The number of phosphoric ester groups is 1. The lowest BCUT2D eigenvalue weighted by Crippen LogP contribution is -2.37. The van der Waals surface area contributed by atoms with Gasteiger partial charge in [0.2, 0.25) is 0 Å². The highest BCUT2D eigenvalue weighted by Gasteiger charge is 2.45. The molecule has 15 heteroatoms. The van der Waals surface area contributed by atoms with Gasteiger partial charge >= 0.3 is 21.1 Å². The van der Waals surface area contributed by atoms with Crippen molar-refractivity contribution in [2.24, 2.45) is 0 Å². The minimum Gasteiger partial charge on any atom is -0.387 e. The molecule has 1 aliphatic rings. The van der Waals surface area contributed by atoms with Crippen LogP contribution in [0.25, 0.3) is 0 Å². The van der Waals surface area contributed by atoms with Crippen LogP contribution in [0.5, 0.6) is 0 Å². The van der Waals surface area contributed by atoms with Gasteiger partial charge in [0, 0.05) is 12.3 Å². The summed E-state index contributed by atoms with van der Waals surface area (Å²) in [5.41, 5.74) is -0.379. The van der Waals surface area contributed by atoms with Crippen LogP contribution in [0.2, 0.25) is 0 Å². The van der Waals surface area contributed by atoms with E-state index in [1.54, 1.807) is 31.2 Å². The predicted octanol–water partition coefficient (Wildman–Crippen LogP) is -0.0166. The molecule has 1 aliphatic heterocycles. The summed E-state index contributed by atoms with van der Waals surface area (Å²) in [7, 11) is -9.66. The first-order chi connectivity index (χ1) is 14.9. The highest BCUT2D eigenvalue weighted by molar-refractivity contribution is 7.63. The molecule has 0 aliphatic carbocycles. The second kappa shape index (κ2) is 9.52. The number of hydrogen-bond acceptors (Lipinski definition) is 9. The molecule has 0 radical (unpaired) electrons. The summed E-state index contributed by atoms with van der Waals surface area (Å²) in [5.74, 6) is 0. The third-order valence-corrected chi connectivity index (χ3v) is 7.65. The molecule has 2 aromatic rings. The Labute approximate surface area is 181 Å². The Hall–Kier alpha value is -1.92. The fourth-order valence-corrected chi connectivity index (χ4v) is 5.85. The first-order valence-electron chi connectivity index (χ1n) is 9.26. The average Bonchev–Trinajstić information content (AvgIpc) is 2.93. The molecule has 0 bridgehead atoms. The van der Waals surface area contributed by atoms with Crippen molar-refractivity contribution < 1.29 is 42.7 Å². The van der Waals surface area contributed by atoms with Crippen LogP contribution < -0.4 is 11.2 Å². The van der Waals surface area contributed by atoms with Crippen molar-refractivity contribution in [3.05, 3.63) is 68.5 Å². The molecular formula is C17H22N2O11P2. The van der Waals surface area contributed by atoms with E-state index in [4.69, 9.17) is 4.74 Å². The van der Waals surface area contributed by atoms with Crippen molar-refractivity contribution in [3.8, 4) is 0 Å². The van der Waals surface area contributed by atoms with E-state index in [-0.39, 0.29) is 0 Å². The molecule has 0 saturated carbocycles. The molecule has 0 amide bonds. The summed E-state index contributed by atoms with van der Waals surface area (Å²) >= 11 is 0. The number of benzene rings is 1. The highest BCUT2D eigenvalue weighted by Crippen LogP contribution is 2.61. The van der Waals surface area contributed by atoms with Crippen LogP contribution in [-0.4, -0.2) is 54.5 Å². The van der Waals surface area contributed by atoms with Crippen molar-refractivity contribution in [2.75, 3.05) is 6.61 Å². The number of phosphoric acid groups is 1. The summed E-state index contributed by atoms with van der Waals surface area (Å²) < 4.78 is 39.7. The molecule has 6 atom stereocenters. The minimum atomic E-state index is -5.07. The second-order valence-electron chi connectivity index (χ2n) is 7.19. The summed E-state index contributed by atoms with van der Waals surface area (Å²) in [6, 6.07) is 7.57. The van der Waals surface area contributed by atoms with Crippen molar-refractivity contribution in [1.29, 1.82) is 0 Å². The number of aryl methyl sites for hydroxylation is 1. The molecule has 13 nitrogen and oxygen atoms in total. The molecule has 2 unspecified atom stereocenters. The van der Waals surface area contributed by atoms with E-state index in [0.717, 1.165) is 22.4 Å². The zero-order valence-electron chi connectivity index (χ0n) is 16.7. The maximum atomic E-state index is 12.3. The zero-order chi connectivity index (χ0) is 23.7. The van der Waals surface area contributed by atoms with Gasteiger partial charge in [-0.2, -0.15) is 0 Å². The molecule has 32 heavy (non-hydrogen) atoms. The number of nitrogens with one attached hydrogen (secondary N) is 1. The normalized spacial score (nSPS) is 27.0. The summed E-state index contributed by atoms with van der Waals surface area (Å²) in [4.78, 5) is 44.8. The van der Waals surface area contributed by atoms with Gasteiger partial charge in [-0.1, -0.05) is 29.8 Å². The Balaban J connectivity index is 1.63. The number of aliphatic hydroxyl groups excluding tert-OH is 2. The number of aliphatic hydroxyl groups is 2. The third kappa shape index (κ3) is 6.10. The fourth-order valence-electron chi connectivity index (χ4n) is 3.15. The van der Waals surface area contributed by atoms with E-state index >= 15 is 0 Å². The van der Waals surface area contributed by atoms with Crippen molar-refractivity contribution >= 4 is 15.4 Å². The van der Waals surface area contributed by atoms with E-state index in [0.29, 0.717) is 5.56 Å². The van der Waals surface area contributed by atoms with Crippen molar-refractivity contribution in [2.45, 2.75) is 37.6 Å². The van der Waals surface area contributed by atoms with Crippen molar-refractivity contribution in [3.63, 3.8) is 0 Å². The maximum absolute atomic E-state index is 12.3. The maximum Gasteiger partial charge on any atom is 0.479 e. The topological polar surface area (TPSA) is 198 Å². The van der Waals surface area contributed by atoms with Gasteiger partial charge in [0.1, 0.15) is 18.3 Å². The Kier molecular flexibility index (Phi) is 7.35. The van der Waals surface area contributed by atoms with Crippen LogP contribution in [0.1, 0.15) is 17.4 Å². The molecule has 5 N–H and O–H groups in total. The zero-order valence-corrected chi connectivity index (χ0v) is 18.5. The third-order valence-electron chi connectivity index (χ3n) is 4.56. The highest BCUT2D eigenvalue weighted by atomic mass is 31.3. The van der Waals surface area contributed by atoms with Gasteiger partial charge in [-0.25, -0.2) is 13.7 Å². The number of nitrogens with zero attached hydrogens (tertiary/aromatic N) is 1. The minimum absolute atomic E-state index is 0.405. The molecular weight excluding hydrogens is 470 g/mol. The number of H-pyrrole nitrogens is 1. The van der Waals surface area contributed by atoms with E-state index in [1.165, 1.54) is 0 Å². The fraction of sp³-hybridized carbons (Fsp3) is 0.412. The lowest BCUT2D eigenvalue weighted by Gasteiger charge is -2.19. The number of hydrogen-bond donors (Lipinski definition) is 5. The van der Waals surface area contributed by atoms with E-state index in [2.05, 4.69) is 8.83 Å². The number of aromatic amines is 1. The molecule has 0 spiro atoms. The quantitative estimate of drug-likeness (QED) is 0.311. The monoisotopic (exact) mass is 492 g/mol. The van der Waals surface area contributed by atoms with Crippen LogP contribution in [0, 0.1) is 6.92 Å². The smallest absolute Gasteiger partial charge is 0.387 e. The first kappa shape index (κ1) is 24.7. The molecule has 1 saturated heterocycles. The Morgan fingerprint density at radius 1 is 1.16 bits per heavy atom.